The summed E-state index contributed by atoms with van der Waals surface area (Å²) in [4.78, 5) is 54.6. The quantitative estimate of drug-likeness (QED) is 0.518. The van der Waals surface area contributed by atoms with Gasteiger partial charge in [-0.25, -0.2) is 0 Å². The molecule has 3 fully saturated rings. The molecule has 0 bridgehead atoms. The number of fused-ring (bicyclic) bond motifs is 1. The van der Waals surface area contributed by atoms with Gasteiger partial charge in [0.25, 0.3) is 0 Å². The van der Waals surface area contributed by atoms with Crippen LogP contribution in [0, 0.1) is 11.8 Å². The second kappa shape index (κ2) is 10.9. The molecule has 4 unspecified atom stereocenters. The molecule has 3 N–H and O–H groups in total. The lowest BCUT2D eigenvalue weighted by Gasteiger charge is -2.26. The van der Waals surface area contributed by atoms with Crippen LogP contribution in [-0.2, 0) is 25.7 Å². The molecule has 34 heavy (non-hydrogen) atoms. The highest BCUT2D eigenvalue weighted by Gasteiger charge is 2.51. The number of rotatable bonds is 9. The van der Waals surface area contributed by atoms with Crippen LogP contribution in [0.2, 0.25) is 0 Å². The van der Waals surface area contributed by atoms with Crippen molar-refractivity contribution in [1.29, 1.82) is 0 Å². The summed E-state index contributed by atoms with van der Waals surface area (Å²) in [6.45, 7) is 1.38. The standard InChI is InChI=1S/C25H34N4O4S/c1-34-13-11-21(29-24(32)18-8-2-3-9-19(18)25(29)33)23(31)27-17-7-4-6-16(14-17)15-28-12-5-10-20(28)22(26)30/h4,6-7,14,18-21H,2-3,5,8-13,15H2,1H3,(H2,26,30)(H,27,31). The summed E-state index contributed by atoms with van der Waals surface area (Å²) < 4.78 is 0. The summed E-state index contributed by atoms with van der Waals surface area (Å²) in [5.74, 6) is -0.872. The van der Waals surface area contributed by atoms with Crippen LogP contribution in [0.3, 0.4) is 0 Å². The van der Waals surface area contributed by atoms with Crippen molar-refractivity contribution < 1.29 is 19.2 Å². The first-order chi connectivity index (χ1) is 16.4. The van der Waals surface area contributed by atoms with Gasteiger partial charge in [0.15, 0.2) is 0 Å². The fraction of sp³-hybridized carbons (Fsp3) is 0.600. The summed E-state index contributed by atoms with van der Waals surface area (Å²) in [6, 6.07) is 6.43. The molecule has 2 saturated heterocycles. The first kappa shape index (κ1) is 24.7. The van der Waals surface area contributed by atoms with Crippen molar-refractivity contribution in [2.45, 2.75) is 63.6 Å². The molecule has 4 atom stereocenters. The molecule has 0 radical (unpaired) electrons. The highest BCUT2D eigenvalue weighted by atomic mass is 32.2. The van der Waals surface area contributed by atoms with Crippen molar-refractivity contribution >= 4 is 41.1 Å². The number of hydrogen-bond donors (Lipinski definition) is 2. The van der Waals surface area contributed by atoms with Crippen molar-refractivity contribution in [3.63, 3.8) is 0 Å². The van der Waals surface area contributed by atoms with Crippen molar-refractivity contribution in [1.82, 2.24) is 9.80 Å². The average molecular weight is 487 g/mol. The molecule has 8 nitrogen and oxygen atoms in total. The lowest BCUT2D eigenvalue weighted by molar-refractivity contribution is -0.146. The molecular weight excluding hydrogens is 452 g/mol. The summed E-state index contributed by atoms with van der Waals surface area (Å²) >= 11 is 1.59. The maximum Gasteiger partial charge on any atom is 0.247 e. The molecule has 2 aliphatic heterocycles. The molecule has 3 aliphatic rings. The van der Waals surface area contributed by atoms with Crippen molar-refractivity contribution in [2.24, 2.45) is 17.6 Å². The molecule has 9 heteroatoms. The van der Waals surface area contributed by atoms with E-state index in [1.54, 1.807) is 17.8 Å². The van der Waals surface area contributed by atoms with E-state index < -0.39 is 6.04 Å². The topological polar surface area (TPSA) is 113 Å². The Morgan fingerprint density at radius 3 is 2.47 bits per heavy atom. The number of amides is 4. The highest BCUT2D eigenvalue weighted by molar-refractivity contribution is 7.98. The number of nitrogens with two attached hydrogens (primary N) is 1. The maximum absolute atomic E-state index is 13.4. The molecule has 4 amide bonds. The van der Waals surface area contributed by atoms with Crippen LogP contribution in [0.5, 0.6) is 0 Å². The van der Waals surface area contributed by atoms with E-state index >= 15 is 0 Å². The Kier molecular flexibility index (Phi) is 7.93. The van der Waals surface area contributed by atoms with E-state index in [0.29, 0.717) is 24.4 Å². The Morgan fingerprint density at radius 1 is 1.12 bits per heavy atom. The zero-order chi connectivity index (χ0) is 24.2. The summed E-state index contributed by atoms with van der Waals surface area (Å²) in [5, 5.41) is 2.95. The third kappa shape index (κ3) is 5.15. The molecule has 1 aromatic rings. The fourth-order valence-corrected chi connectivity index (χ4v) is 6.11. The number of hydrogen-bond acceptors (Lipinski definition) is 6. The van der Waals surface area contributed by atoms with Crippen LogP contribution in [0.25, 0.3) is 0 Å². The predicted molar refractivity (Wildman–Crippen MR) is 132 cm³/mol. The minimum absolute atomic E-state index is 0.184. The third-order valence-electron chi connectivity index (χ3n) is 7.36. The molecule has 0 spiro atoms. The third-order valence-corrected chi connectivity index (χ3v) is 8.00. The van der Waals surface area contributed by atoms with E-state index in [0.717, 1.165) is 50.6 Å². The van der Waals surface area contributed by atoms with Crippen LogP contribution in [-0.4, -0.2) is 64.1 Å². The lowest BCUT2D eigenvalue weighted by Crippen LogP contribution is -2.48. The predicted octanol–water partition coefficient (Wildman–Crippen LogP) is 2.37. The first-order valence-electron chi connectivity index (χ1n) is 12.2. The van der Waals surface area contributed by atoms with E-state index in [2.05, 4.69) is 10.2 Å². The molecule has 184 valence electrons. The van der Waals surface area contributed by atoms with Crippen LogP contribution in [0.1, 0.15) is 50.5 Å². The number of thioether (sulfide) groups is 1. The van der Waals surface area contributed by atoms with E-state index in [-0.39, 0.29) is 41.5 Å². The molecule has 1 aromatic carbocycles. The van der Waals surface area contributed by atoms with Crippen LogP contribution >= 0.6 is 11.8 Å². The average Bonchev–Trinajstić information content (AvgIpc) is 3.38. The van der Waals surface area contributed by atoms with Gasteiger partial charge in [-0.15, -0.1) is 0 Å². The second-order valence-corrected chi connectivity index (χ2v) is 10.5. The molecule has 1 saturated carbocycles. The summed E-state index contributed by atoms with van der Waals surface area (Å²) in [5.41, 5.74) is 7.12. The SMILES string of the molecule is CSCCC(C(=O)Nc1cccc(CN2CCCC2C(N)=O)c1)N1C(=O)C2CCCCC2C1=O. The Morgan fingerprint density at radius 2 is 1.82 bits per heavy atom. The number of likely N-dealkylation sites (tertiary alicyclic amines) is 2. The maximum atomic E-state index is 13.4. The Balaban J connectivity index is 1.48. The number of nitrogens with one attached hydrogen (secondary N) is 1. The normalized spacial score (nSPS) is 25.9. The van der Waals surface area contributed by atoms with Crippen LogP contribution in [0.4, 0.5) is 5.69 Å². The summed E-state index contributed by atoms with van der Waals surface area (Å²) in [6.07, 6.45) is 7.44. The molecule has 2 heterocycles. The molecular formula is C25H34N4O4S. The van der Waals surface area contributed by atoms with Gasteiger partial charge in [-0.1, -0.05) is 25.0 Å². The molecule has 1 aliphatic carbocycles. The van der Waals surface area contributed by atoms with Gasteiger partial charge in [0.1, 0.15) is 6.04 Å². The first-order valence-corrected chi connectivity index (χ1v) is 13.6. The van der Waals surface area contributed by atoms with Gasteiger partial charge in [-0.05, 0) is 68.4 Å². The second-order valence-electron chi connectivity index (χ2n) is 9.56. The smallest absolute Gasteiger partial charge is 0.247 e. The van der Waals surface area contributed by atoms with Crippen LogP contribution < -0.4 is 11.1 Å². The minimum Gasteiger partial charge on any atom is -0.368 e. The summed E-state index contributed by atoms with van der Waals surface area (Å²) in [7, 11) is 0. The van der Waals surface area contributed by atoms with Crippen molar-refractivity contribution in [3.05, 3.63) is 29.8 Å². The van der Waals surface area contributed by atoms with E-state index in [1.165, 1.54) is 4.90 Å². The van der Waals surface area contributed by atoms with Gasteiger partial charge in [0.2, 0.25) is 23.6 Å². The lowest BCUT2D eigenvalue weighted by atomic mass is 9.81. The van der Waals surface area contributed by atoms with Gasteiger partial charge in [0.05, 0.1) is 17.9 Å². The van der Waals surface area contributed by atoms with Gasteiger partial charge < -0.3 is 11.1 Å². The largest absolute Gasteiger partial charge is 0.368 e. The minimum atomic E-state index is -0.806. The zero-order valence-electron chi connectivity index (χ0n) is 19.7. The van der Waals surface area contributed by atoms with Crippen molar-refractivity contribution in [3.8, 4) is 0 Å². The van der Waals surface area contributed by atoms with Gasteiger partial charge in [-0.2, -0.15) is 11.8 Å². The molecule has 4 rings (SSSR count). The van der Waals surface area contributed by atoms with E-state index in [1.807, 2.05) is 24.5 Å². The van der Waals surface area contributed by atoms with E-state index in [9.17, 15) is 19.2 Å². The number of imide groups is 1. The number of carbonyl (C=O) groups excluding carboxylic acids is 4. The monoisotopic (exact) mass is 486 g/mol. The highest BCUT2D eigenvalue weighted by Crippen LogP contribution is 2.39. The number of nitrogens with zero attached hydrogens (tertiary/aromatic N) is 2. The van der Waals surface area contributed by atoms with Gasteiger partial charge >= 0.3 is 0 Å². The van der Waals surface area contributed by atoms with Crippen LogP contribution in [0.15, 0.2) is 24.3 Å². The number of benzene rings is 1. The Bertz CT molecular complexity index is 931. The van der Waals surface area contributed by atoms with Crippen molar-refractivity contribution in [2.75, 3.05) is 23.9 Å². The Hall–Kier alpha value is -2.39. The Labute approximate surface area is 205 Å². The number of primary amides is 1. The van der Waals surface area contributed by atoms with E-state index in [4.69, 9.17) is 5.73 Å². The van der Waals surface area contributed by atoms with Gasteiger partial charge in [-0.3, -0.25) is 29.0 Å². The van der Waals surface area contributed by atoms with Gasteiger partial charge in [0, 0.05) is 12.2 Å². The number of carbonyl (C=O) groups is 4. The molecule has 0 aromatic heterocycles. The zero-order valence-corrected chi connectivity index (χ0v) is 20.5. The number of anilines is 1. The fourth-order valence-electron chi connectivity index (χ4n) is 5.65.